The molecule has 1 aliphatic rings. The highest BCUT2D eigenvalue weighted by Gasteiger charge is 2.24. The second kappa shape index (κ2) is 11.4. The van der Waals surface area contributed by atoms with E-state index in [9.17, 15) is 9.59 Å². The second-order valence-electron chi connectivity index (χ2n) is 6.65. The molecule has 8 nitrogen and oxygen atoms in total. The van der Waals surface area contributed by atoms with Crippen molar-refractivity contribution < 1.29 is 14.3 Å². The van der Waals surface area contributed by atoms with Gasteiger partial charge in [-0.3, -0.25) is 9.79 Å². The maximum absolute atomic E-state index is 11.8. The highest BCUT2D eigenvalue weighted by molar-refractivity contribution is 14.0. The fourth-order valence-corrected chi connectivity index (χ4v) is 2.26. The number of nitrogens with one attached hydrogen (secondary N) is 2. The Morgan fingerprint density at radius 3 is 2.04 bits per heavy atom. The highest BCUT2D eigenvalue weighted by atomic mass is 127. The van der Waals surface area contributed by atoms with Gasteiger partial charge in [-0.1, -0.05) is 20.8 Å². The van der Waals surface area contributed by atoms with Crippen LogP contribution in [0.3, 0.4) is 0 Å². The number of carbonyl (C=O) groups excluding carboxylic acids is 2. The molecule has 1 heterocycles. The smallest absolute Gasteiger partial charge is 0.409 e. The van der Waals surface area contributed by atoms with Gasteiger partial charge < -0.3 is 25.2 Å². The number of ether oxygens (including phenoxy) is 1. The van der Waals surface area contributed by atoms with Crippen LogP contribution in [0.25, 0.3) is 0 Å². The topological polar surface area (TPSA) is 86.3 Å². The quantitative estimate of drug-likeness (QED) is 0.279. The zero-order valence-electron chi connectivity index (χ0n) is 15.9. The predicted molar refractivity (Wildman–Crippen MR) is 109 cm³/mol. The summed E-state index contributed by atoms with van der Waals surface area (Å²) >= 11 is 0. The molecule has 1 rings (SSSR count). The first-order valence-electron chi connectivity index (χ1n) is 8.45. The molecule has 0 aliphatic carbocycles. The largest absolute Gasteiger partial charge is 0.450 e. The van der Waals surface area contributed by atoms with Crippen molar-refractivity contribution in [2.75, 3.05) is 52.9 Å². The van der Waals surface area contributed by atoms with E-state index in [1.54, 1.807) is 18.9 Å². The van der Waals surface area contributed by atoms with E-state index >= 15 is 0 Å². The Balaban J connectivity index is 0.00000576. The van der Waals surface area contributed by atoms with Crippen LogP contribution in [-0.4, -0.2) is 80.7 Å². The standard InChI is InChI=1S/C16H31N5O3.HI/c1-6-24-15(23)21-11-9-20(10-12-21)14(17-5)19-8-7-18-13(22)16(2,3)4;/h6-12H2,1-5H3,(H,17,19)(H,18,22);1H. The highest BCUT2D eigenvalue weighted by Crippen LogP contribution is 2.11. The third kappa shape index (κ3) is 8.10. The number of carbonyl (C=O) groups is 2. The number of rotatable bonds is 4. The molecule has 2 amide bonds. The molecule has 1 saturated heterocycles. The molecular formula is C16H32IN5O3. The van der Waals surface area contributed by atoms with Gasteiger partial charge in [0.25, 0.3) is 0 Å². The van der Waals surface area contributed by atoms with Crippen LogP contribution < -0.4 is 10.6 Å². The van der Waals surface area contributed by atoms with Gasteiger partial charge in [0.2, 0.25) is 5.91 Å². The fourth-order valence-electron chi connectivity index (χ4n) is 2.26. The van der Waals surface area contributed by atoms with E-state index in [1.165, 1.54) is 0 Å². The lowest BCUT2D eigenvalue weighted by atomic mass is 9.96. The minimum absolute atomic E-state index is 0. The maximum Gasteiger partial charge on any atom is 0.409 e. The summed E-state index contributed by atoms with van der Waals surface area (Å²) in [5.74, 6) is 0.811. The first kappa shape index (κ1) is 23.7. The summed E-state index contributed by atoms with van der Waals surface area (Å²) in [6.07, 6.45) is -0.259. The number of amides is 2. The molecule has 0 spiro atoms. The van der Waals surface area contributed by atoms with Gasteiger partial charge in [0.05, 0.1) is 6.61 Å². The summed E-state index contributed by atoms with van der Waals surface area (Å²) < 4.78 is 5.02. The fraction of sp³-hybridized carbons (Fsp3) is 0.812. The van der Waals surface area contributed by atoms with Gasteiger partial charge in [0.1, 0.15) is 0 Å². The van der Waals surface area contributed by atoms with Crippen LogP contribution in [0, 0.1) is 5.41 Å². The average molecular weight is 469 g/mol. The Morgan fingerprint density at radius 2 is 1.56 bits per heavy atom. The predicted octanol–water partition coefficient (Wildman–Crippen LogP) is 1.12. The molecule has 0 saturated carbocycles. The summed E-state index contributed by atoms with van der Waals surface area (Å²) in [7, 11) is 1.73. The van der Waals surface area contributed by atoms with Gasteiger partial charge in [-0.2, -0.15) is 0 Å². The van der Waals surface area contributed by atoms with Crippen molar-refractivity contribution in [1.29, 1.82) is 0 Å². The van der Waals surface area contributed by atoms with E-state index in [-0.39, 0.29) is 41.4 Å². The van der Waals surface area contributed by atoms with E-state index in [4.69, 9.17) is 4.74 Å². The molecule has 0 radical (unpaired) electrons. The molecule has 2 N–H and O–H groups in total. The van der Waals surface area contributed by atoms with Crippen LogP contribution in [0.2, 0.25) is 0 Å². The number of hydrogen-bond donors (Lipinski definition) is 2. The molecule has 0 aromatic rings. The molecule has 1 fully saturated rings. The summed E-state index contributed by atoms with van der Waals surface area (Å²) in [5, 5.41) is 6.14. The van der Waals surface area contributed by atoms with Crippen molar-refractivity contribution >= 4 is 41.9 Å². The molecule has 1 aliphatic heterocycles. The Hall–Kier alpha value is -1.26. The van der Waals surface area contributed by atoms with Crippen molar-refractivity contribution in [3.8, 4) is 0 Å². The summed E-state index contributed by atoms with van der Waals surface area (Å²) in [6, 6.07) is 0. The summed E-state index contributed by atoms with van der Waals surface area (Å²) in [6.45, 7) is 11.6. The zero-order valence-corrected chi connectivity index (χ0v) is 18.3. The summed E-state index contributed by atoms with van der Waals surface area (Å²) in [5.41, 5.74) is -0.384. The molecular weight excluding hydrogens is 437 g/mol. The monoisotopic (exact) mass is 469 g/mol. The molecule has 9 heteroatoms. The first-order valence-corrected chi connectivity index (χ1v) is 8.45. The van der Waals surface area contributed by atoms with Crippen molar-refractivity contribution in [1.82, 2.24) is 20.4 Å². The molecule has 0 aromatic heterocycles. The van der Waals surface area contributed by atoms with Crippen LogP contribution in [0.5, 0.6) is 0 Å². The van der Waals surface area contributed by atoms with Crippen molar-refractivity contribution in [2.24, 2.45) is 10.4 Å². The van der Waals surface area contributed by atoms with Crippen LogP contribution in [-0.2, 0) is 9.53 Å². The molecule has 0 unspecified atom stereocenters. The van der Waals surface area contributed by atoms with Gasteiger partial charge in [-0.25, -0.2) is 4.79 Å². The number of aliphatic imine (C=N–C) groups is 1. The first-order chi connectivity index (χ1) is 11.3. The number of halogens is 1. The summed E-state index contributed by atoms with van der Waals surface area (Å²) in [4.78, 5) is 31.6. The van der Waals surface area contributed by atoms with Crippen LogP contribution in [0.1, 0.15) is 27.7 Å². The Morgan fingerprint density at radius 1 is 1.04 bits per heavy atom. The van der Waals surface area contributed by atoms with Gasteiger partial charge in [0.15, 0.2) is 5.96 Å². The van der Waals surface area contributed by atoms with Gasteiger partial charge in [-0.15, -0.1) is 24.0 Å². The van der Waals surface area contributed by atoms with Crippen molar-refractivity contribution in [3.05, 3.63) is 0 Å². The number of hydrogen-bond acceptors (Lipinski definition) is 4. The third-order valence-electron chi connectivity index (χ3n) is 3.69. The molecule has 0 aromatic carbocycles. The van der Waals surface area contributed by atoms with Crippen molar-refractivity contribution in [3.63, 3.8) is 0 Å². The van der Waals surface area contributed by atoms with Gasteiger partial charge >= 0.3 is 6.09 Å². The van der Waals surface area contributed by atoms with Gasteiger partial charge in [0, 0.05) is 51.7 Å². The number of guanidine groups is 1. The van der Waals surface area contributed by atoms with Gasteiger partial charge in [-0.05, 0) is 6.92 Å². The number of piperazine rings is 1. The third-order valence-corrected chi connectivity index (χ3v) is 3.69. The Bertz CT molecular complexity index is 457. The average Bonchev–Trinajstić information content (AvgIpc) is 2.54. The lowest BCUT2D eigenvalue weighted by Gasteiger charge is -2.35. The molecule has 0 atom stereocenters. The minimum atomic E-state index is -0.384. The van der Waals surface area contributed by atoms with E-state index in [2.05, 4.69) is 20.5 Å². The lowest BCUT2D eigenvalue weighted by Crippen LogP contribution is -2.54. The normalized spacial score (nSPS) is 15.3. The van der Waals surface area contributed by atoms with Crippen LogP contribution in [0.4, 0.5) is 4.79 Å². The van der Waals surface area contributed by atoms with E-state index in [0.717, 1.165) is 5.96 Å². The Labute approximate surface area is 167 Å². The van der Waals surface area contributed by atoms with E-state index in [1.807, 2.05) is 20.8 Å². The zero-order chi connectivity index (χ0) is 18.2. The second-order valence-corrected chi connectivity index (χ2v) is 6.65. The molecule has 0 bridgehead atoms. The Kier molecular flexibility index (Phi) is 10.8. The lowest BCUT2D eigenvalue weighted by molar-refractivity contribution is -0.128. The maximum atomic E-state index is 11.8. The van der Waals surface area contributed by atoms with Crippen molar-refractivity contribution in [2.45, 2.75) is 27.7 Å². The molecule has 25 heavy (non-hydrogen) atoms. The van der Waals surface area contributed by atoms with Crippen LogP contribution in [0.15, 0.2) is 4.99 Å². The van der Waals surface area contributed by atoms with E-state index in [0.29, 0.717) is 45.9 Å². The SMILES string of the molecule is CCOC(=O)N1CCN(C(=NC)NCCNC(=O)C(C)(C)C)CC1.I. The van der Waals surface area contributed by atoms with E-state index < -0.39 is 0 Å². The number of nitrogens with zero attached hydrogens (tertiary/aromatic N) is 3. The van der Waals surface area contributed by atoms with Crippen LogP contribution >= 0.6 is 24.0 Å². The minimum Gasteiger partial charge on any atom is -0.450 e. The molecule has 146 valence electrons.